The Morgan fingerprint density at radius 2 is 2.30 bits per heavy atom. The minimum atomic E-state index is -0.0607. The fourth-order valence-corrected chi connectivity index (χ4v) is 3.84. The average molecular weight is 276 g/mol. The molecule has 5 nitrogen and oxygen atoms in total. The molecule has 5 heteroatoms. The van der Waals surface area contributed by atoms with Crippen molar-refractivity contribution in [1.82, 2.24) is 10.2 Å². The molecule has 20 heavy (non-hydrogen) atoms. The number of nitrogens with one attached hydrogen (secondary N) is 1. The lowest BCUT2D eigenvalue weighted by atomic mass is 9.76. The van der Waals surface area contributed by atoms with Crippen LogP contribution in [0.4, 0.5) is 0 Å². The summed E-state index contributed by atoms with van der Waals surface area (Å²) in [6, 6.07) is 3.42. The zero-order valence-electron chi connectivity index (χ0n) is 11.7. The molecular weight excluding hydrogens is 256 g/mol. The highest BCUT2D eigenvalue weighted by Gasteiger charge is 2.51. The molecule has 1 saturated carbocycles. The van der Waals surface area contributed by atoms with Gasteiger partial charge in [-0.25, -0.2) is 0 Å². The van der Waals surface area contributed by atoms with Crippen LogP contribution in [-0.2, 0) is 4.79 Å². The van der Waals surface area contributed by atoms with Gasteiger partial charge in [-0.2, -0.15) is 0 Å². The summed E-state index contributed by atoms with van der Waals surface area (Å²) in [5.41, 5.74) is -0.0255. The Morgan fingerprint density at radius 1 is 1.45 bits per heavy atom. The van der Waals surface area contributed by atoms with Crippen LogP contribution in [0.5, 0.6) is 0 Å². The predicted molar refractivity (Wildman–Crippen MR) is 73.1 cm³/mol. The number of carbonyl (C=O) groups excluding carboxylic acids is 2. The average Bonchev–Trinajstić information content (AvgIpc) is 3.19. The van der Waals surface area contributed by atoms with E-state index >= 15 is 0 Å². The Hall–Kier alpha value is -1.78. The van der Waals surface area contributed by atoms with Crippen LogP contribution in [0.3, 0.4) is 0 Å². The van der Waals surface area contributed by atoms with Crippen molar-refractivity contribution >= 4 is 11.8 Å². The third kappa shape index (κ3) is 2.01. The third-order valence-electron chi connectivity index (χ3n) is 4.87. The van der Waals surface area contributed by atoms with E-state index in [-0.39, 0.29) is 23.1 Å². The molecule has 2 amide bonds. The quantitative estimate of drug-likeness (QED) is 0.893. The standard InChI is InChI=1S/C15H20N2O3/c1-16-13(18)11-4-2-6-15(11)7-8-17(10-15)14(19)12-5-3-9-20-12/h3,5,9,11H,2,4,6-8,10H2,1H3,(H,16,18). The second-order valence-electron chi connectivity index (χ2n) is 5.88. The summed E-state index contributed by atoms with van der Waals surface area (Å²) in [7, 11) is 1.69. The van der Waals surface area contributed by atoms with E-state index in [0.29, 0.717) is 18.8 Å². The van der Waals surface area contributed by atoms with Crippen LogP contribution in [0.25, 0.3) is 0 Å². The zero-order valence-corrected chi connectivity index (χ0v) is 11.7. The van der Waals surface area contributed by atoms with E-state index in [0.717, 1.165) is 25.7 Å². The molecule has 0 radical (unpaired) electrons. The molecule has 1 N–H and O–H groups in total. The van der Waals surface area contributed by atoms with Gasteiger partial charge in [-0.05, 0) is 31.4 Å². The number of carbonyl (C=O) groups is 2. The van der Waals surface area contributed by atoms with Crippen molar-refractivity contribution in [3.05, 3.63) is 24.2 Å². The van der Waals surface area contributed by atoms with E-state index in [1.54, 1.807) is 19.2 Å². The fourth-order valence-electron chi connectivity index (χ4n) is 3.84. The molecule has 3 rings (SSSR count). The number of furan rings is 1. The third-order valence-corrected chi connectivity index (χ3v) is 4.87. The number of nitrogens with zero attached hydrogens (tertiary/aromatic N) is 1. The largest absolute Gasteiger partial charge is 0.459 e. The van der Waals surface area contributed by atoms with E-state index in [4.69, 9.17) is 4.42 Å². The van der Waals surface area contributed by atoms with Gasteiger partial charge in [-0.1, -0.05) is 6.42 Å². The summed E-state index contributed by atoms with van der Waals surface area (Å²) in [6.45, 7) is 1.39. The smallest absolute Gasteiger partial charge is 0.289 e. The molecular formula is C15H20N2O3. The first kappa shape index (κ1) is 13.2. The van der Waals surface area contributed by atoms with Crippen LogP contribution in [-0.4, -0.2) is 36.9 Å². The van der Waals surface area contributed by atoms with Crippen molar-refractivity contribution < 1.29 is 14.0 Å². The molecule has 2 fully saturated rings. The van der Waals surface area contributed by atoms with Crippen molar-refractivity contribution in [3.63, 3.8) is 0 Å². The van der Waals surface area contributed by atoms with Crippen molar-refractivity contribution in [2.24, 2.45) is 11.3 Å². The molecule has 1 aromatic heterocycles. The minimum absolute atomic E-state index is 0.0255. The van der Waals surface area contributed by atoms with Crippen molar-refractivity contribution in [2.45, 2.75) is 25.7 Å². The van der Waals surface area contributed by atoms with Gasteiger partial charge in [0.2, 0.25) is 5.91 Å². The lowest BCUT2D eigenvalue weighted by Gasteiger charge is -2.30. The van der Waals surface area contributed by atoms with Gasteiger partial charge in [-0.3, -0.25) is 9.59 Å². The number of amides is 2. The number of hydrogen-bond donors (Lipinski definition) is 1. The summed E-state index contributed by atoms with van der Waals surface area (Å²) in [4.78, 5) is 26.2. The highest BCUT2D eigenvalue weighted by Crippen LogP contribution is 2.49. The van der Waals surface area contributed by atoms with Crippen molar-refractivity contribution in [2.75, 3.05) is 20.1 Å². The second kappa shape index (κ2) is 4.96. The van der Waals surface area contributed by atoms with Crippen LogP contribution in [0.1, 0.15) is 36.2 Å². The molecule has 0 bridgehead atoms. The van der Waals surface area contributed by atoms with Crippen LogP contribution >= 0.6 is 0 Å². The Bertz CT molecular complexity index is 511. The van der Waals surface area contributed by atoms with E-state index < -0.39 is 0 Å². The molecule has 1 aromatic rings. The molecule has 2 atom stereocenters. The number of likely N-dealkylation sites (tertiary alicyclic amines) is 1. The van der Waals surface area contributed by atoms with Gasteiger partial charge in [-0.15, -0.1) is 0 Å². The number of rotatable bonds is 2. The molecule has 2 heterocycles. The van der Waals surface area contributed by atoms with Crippen LogP contribution in [0, 0.1) is 11.3 Å². The SMILES string of the molecule is CNC(=O)C1CCCC12CCN(C(=O)c1ccco1)C2. The topological polar surface area (TPSA) is 62.6 Å². The fraction of sp³-hybridized carbons (Fsp3) is 0.600. The first-order valence-corrected chi connectivity index (χ1v) is 7.21. The maximum absolute atomic E-state index is 12.3. The normalized spacial score (nSPS) is 29.1. The van der Waals surface area contributed by atoms with Gasteiger partial charge in [0.25, 0.3) is 5.91 Å². The maximum atomic E-state index is 12.3. The summed E-state index contributed by atoms with van der Waals surface area (Å²) in [5, 5.41) is 2.77. The summed E-state index contributed by atoms with van der Waals surface area (Å²) >= 11 is 0. The van der Waals surface area contributed by atoms with Gasteiger partial charge in [0, 0.05) is 31.5 Å². The first-order valence-electron chi connectivity index (χ1n) is 7.21. The second-order valence-corrected chi connectivity index (χ2v) is 5.88. The van der Waals surface area contributed by atoms with Gasteiger partial charge < -0.3 is 14.6 Å². The maximum Gasteiger partial charge on any atom is 0.289 e. The van der Waals surface area contributed by atoms with Crippen molar-refractivity contribution in [3.8, 4) is 0 Å². The molecule has 0 aromatic carbocycles. The van der Waals surface area contributed by atoms with Crippen LogP contribution < -0.4 is 5.32 Å². The highest BCUT2D eigenvalue weighted by molar-refractivity contribution is 5.91. The molecule has 1 saturated heterocycles. The Balaban J connectivity index is 1.75. The Labute approximate surface area is 118 Å². The lowest BCUT2D eigenvalue weighted by Crippen LogP contribution is -2.40. The van der Waals surface area contributed by atoms with Gasteiger partial charge in [0.15, 0.2) is 5.76 Å². The van der Waals surface area contributed by atoms with E-state index in [9.17, 15) is 9.59 Å². The number of hydrogen-bond acceptors (Lipinski definition) is 3. The molecule has 1 spiro atoms. The molecule has 1 aliphatic heterocycles. The van der Waals surface area contributed by atoms with Crippen molar-refractivity contribution in [1.29, 1.82) is 0 Å². The van der Waals surface area contributed by atoms with E-state index in [2.05, 4.69) is 5.32 Å². The molecule has 2 aliphatic rings. The first-order chi connectivity index (χ1) is 9.66. The lowest BCUT2D eigenvalue weighted by molar-refractivity contribution is -0.127. The Morgan fingerprint density at radius 3 is 3.00 bits per heavy atom. The highest BCUT2D eigenvalue weighted by atomic mass is 16.3. The van der Waals surface area contributed by atoms with Crippen LogP contribution in [0.2, 0.25) is 0 Å². The summed E-state index contributed by atoms with van der Waals surface area (Å²) < 4.78 is 5.18. The van der Waals surface area contributed by atoms with E-state index in [1.807, 2.05) is 4.90 Å². The van der Waals surface area contributed by atoms with Gasteiger partial charge in [0.05, 0.1) is 6.26 Å². The van der Waals surface area contributed by atoms with Gasteiger partial charge in [0.1, 0.15) is 0 Å². The monoisotopic (exact) mass is 276 g/mol. The molecule has 2 unspecified atom stereocenters. The van der Waals surface area contributed by atoms with E-state index in [1.165, 1.54) is 6.26 Å². The zero-order chi connectivity index (χ0) is 14.2. The Kier molecular flexibility index (Phi) is 3.28. The predicted octanol–water partition coefficient (Wildman–Crippen LogP) is 1.66. The molecule has 108 valence electrons. The van der Waals surface area contributed by atoms with Crippen LogP contribution in [0.15, 0.2) is 22.8 Å². The minimum Gasteiger partial charge on any atom is -0.459 e. The molecule has 1 aliphatic carbocycles. The summed E-state index contributed by atoms with van der Waals surface area (Å²) in [5.74, 6) is 0.489. The van der Waals surface area contributed by atoms with Gasteiger partial charge >= 0.3 is 0 Å². The summed E-state index contributed by atoms with van der Waals surface area (Å²) in [6.07, 6.45) is 5.47.